The molecule has 0 saturated carbocycles. The van der Waals surface area contributed by atoms with Crippen LogP contribution < -0.4 is 0 Å². The van der Waals surface area contributed by atoms with Crippen LogP contribution in [-0.2, 0) is 6.61 Å². The highest BCUT2D eigenvalue weighted by Gasteiger charge is 2.09. The molecule has 2 aromatic carbocycles. The predicted octanol–water partition coefficient (Wildman–Crippen LogP) is 3.89. The second kappa shape index (κ2) is 6.06. The van der Waals surface area contributed by atoms with Gasteiger partial charge in [0, 0.05) is 32.5 Å². The molecule has 0 aliphatic carbocycles. The lowest BCUT2D eigenvalue weighted by atomic mass is 10.2. The number of hydrogen-bond acceptors (Lipinski definition) is 4. The van der Waals surface area contributed by atoms with Crippen LogP contribution in [0.5, 0.6) is 0 Å². The lowest BCUT2D eigenvalue weighted by molar-refractivity contribution is -0.384. The van der Waals surface area contributed by atoms with E-state index in [4.69, 9.17) is 11.6 Å². The highest BCUT2D eigenvalue weighted by Crippen LogP contribution is 2.34. The van der Waals surface area contributed by atoms with Crippen LogP contribution in [0.2, 0.25) is 5.02 Å². The van der Waals surface area contributed by atoms with Gasteiger partial charge in [-0.3, -0.25) is 10.1 Å². The second-order valence-electron chi connectivity index (χ2n) is 3.73. The SMILES string of the molecule is O=[N+]([O-])c1ccc(Sc2cccc(Cl)c2CO)cc1. The summed E-state index contributed by atoms with van der Waals surface area (Å²) < 4.78 is 0. The summed E-state index contributed by atoms with van der Waals surface area (Å²) in [4.78, 5) is 11.8. The molecular weight excluding hydrogens is 286 g/mol. The minimum Gasteiger partial charge on any atom is -0.392 e. The molecular formula is C13H10ClNO3S. The average molecular weight is 296 g/mol. The quantitative estimate of drug-likeness (QED) is 0.686. The monoisotopic (exact) mass is 295 g/mol. The molecule has 0 aliphatic heterocycles. The molecule has 0 unspecified atom stereocenters. The summed E-state index contributed by atoms with van der Waals surface area (Å²) in [5, 5.41) is 20.4. The molecule has 2 rings (SSSR count). The van der Waals surface area contributed by atoms with Crippen molar-refractivity contribution < 1.29 is 10.0 Å². The number of halogens is 1. The van der Waals surface area contributed by atoms with Crippen LogP contribution in [0.4, 0.5) is 5.69 Å². The molecule has 98 valence electrons. The number of nitro benzene ring substituents is 1. The zero-order chi connectivity index (χ0) is 13.8. The van der Waals surface area contributed by atoms with Crippen molar-refractivity contribution in [1.82, 2.24) is 0 Å². The first-order valence-corrected chi connectivity index (χ1v) is 6.62. The summed E-state index contributed by atoms with van der Waals surface area (Å²) in [5.74, 6) is 0. The second-order valence-corrected chi connectivity index (χ2v) is 5.25. The van der Waals surface area contributed by atoms with Crippen molar-refractivity contribution in [3.8, 4) is 0 Å². The molecule has 0 atom stereocenters. The van der Waals surface area contributed by atoms with Gasteiger partial charge < -0.3 is 5.11 Å². The zero-order valence-electron chi connectivity index (χ0n) is 9.75. The molecule has 1 N–H and O–H groups in total. The van der Waals surface area contributed by atoms with Gasteiger partial charge in [-0.2, -0.15) is 0 Å². The summed E-state index contributed by atoms with van der Waals surface area (Å²) in [6.07, 6.45) is 0. The van der Waals surface area contributed by atoms with Crippen molar-refractivity contribution in [3.63, 3.8) is 0 Å². The van der Waals surface area contributed by atoms with Gasteiger partial charge in [0.05, 0.1) is 11.5 Å². The van der Waals surface area contributed by atoms with Gasteiger partial charge in [0.2, 0.25) is 0 Å². The van der Waals surface area contributed by atoms with Crippen molar-refractivity contribution in [2.24, 2.45) is 0 Å². The molecule has 0 aliphatic rings. The summed E-state index contributed by atoms with van der Waals surface area (Å²) in [7, 11) is 0. The number of aliphatic hydroxyl groups excluding tert-OH is 1. The van der Waals surface area contributed by atoms with Crippen LogP contribution in [0.3, 0.4) is 0 Å². The maximum Gasteiger partial charge on any atom is 0.269 e. The summed E-state index contributed by atoms with van der Waals surface area (Å²) in [6, 6.07) is 11.6. The third-order valence-corrected chi connectivity index (χ3v) is 3.97. The van der Waals surface area contributed by atoms with Crippen LogP contribution in [-0.4, -0.2) is 10.0 Å². The fraction of sp³-hybridized carbons (Fsp3) is 0.0769. The smallest absolute Gasteiger partial charge is 0.269 e. The lowest BCUT2D eigenvalue weighted by Gasteiger charge is -2.08. The third kappa shape index (κ3) is 3.26. The Bertz CT molecular complexity index is 601. The number of benzene rings is 2. The van der Waals surface area contributed by atoms with Gasteiger partial charge in [0.15, 0.2) is 0 Å². The van der Waals surface area contributed by atoms with Crippen LogP contribution >= 0.6 is 23.4 Å². The molecule has 4 nitrogen and oxygen atoms in total. The molecule has 6 heteroatoms. The molecule has 0 radical (unpaired) electrons. The first-order chi connectivity index (χ1) is 9.11. The van der Waals surface area contributed by atoms with Crippen LogP contribution in [0.25, 0.3) is 0 Å². The number of nitrogens with zero attached hydrogens (tertiary/aromatic N) is 1. The van der Waals surface area contributed by atoms with Gasteiger partial charge in [-0.25, -0.2) is 0 Å². The Morgan fingerprint density at radius 2 is 1.89 bits per heavy atom. The van der Waals surface area contributed by atoms with E-state index in [9.17, 15) is 15.2 Å². The number of hydrogen-bond donors (Lipinski definition) is 1. The maximum absolute atomic E-state index is 10.6. The number of non-ortho nitro benzene ring substituents is 1. The van der Waals surface area contributed by atoms with Gasteiger partial charge in [-0.05, 0) is 24.3 Å². The molecule has 0 aromatic heterocycles. The average Bonchev–Trinajstić information content (AvgIpc) is 2.39. The molecule has 0 spiro atoms. The Kier molecular flexibility index (Phi) is 4.42. The fourth-order valence-electron chi connectivity index (χ4n) is 1.55. The van der Waals surface area contributed by atoms with Gasteiger partial charge in [0.25, 0.3) is 5.69 Å². The topological polar surface area (TPSA) is 63.4 Å². The van der Waals surface area contributed by atoms with E-state index in [-0.39, 0.29) is 12.3 Å². The summed E-state index contributed by atoms with van der Waals surface area (Å²) in [5.41, 5.74) is 0.713. The van der Waals surface area contributed by atoms with Crippen molar-refractivity contribution in [2.75, 3.05) is 0 Å². The van der Waals surface area contributed by atoms with E-state index in [0.29, 0.717) is 10.6 Å². The molecule has 2 aromatic rings. The fourth-order valence-corrected chi connectivity index (χ4v) is 2.81. The van der Waals surface area contributed by atoms with E-state index >= 15 is 0 Å². The number of aliphatic hydroxyl groups is 1. The standard InChI is InChI=1S/C13H10ClNO3S/c14-12-2-1-3-13(11(12)8-16)19-10-6-4-9(5-7-10)15(17)18/h1-7,16H,8H2. The van der Waals surface area contributed by atoms with Crippen molar-refractivity contribution in [3.05, 3.63) is 63.2 Å². The van der Waals surface area contributed by atoms with E-state index in [1.807, 2.05) is 6.07 Å². The van der Waals surface area contributed by atoms with E-state index in [2.05, 4.69) is 0 Å². The Morgan fingerprint density at radius 3 is 2.47 bits per heavy atom. The number of rotatable bonds is 4. The third-order valence-electron chi connectivity index (χ3n) is 2.51. The van der Waals surface area contributed by atoms with Crippen LogP contribution in [0.15, 0.2) is 52.3 Å². The van der Waals surface area contributed by atoms with E-state index in [0.717, 1.165) is 9.79 Å². The minimum absolute atomic E-state index is 0.0535. The Morgan fingerprint density at radius 1 is 1.21 bits per heavy atom. The molecule has 19 heavy (non-hydrogen) atoms. The van der Waals surface area contributed by atoms with Gasteiger partial charge in [0.1, 0.15) is 0 Å². The summed E-state index contributed by atoms with van der Waals surface area (Å²) in [6.45, 7) is -0.144. The molecule has 0 saturated heterocycles. The van der Waals surface area contributed by atoms with Gasteiger partial charge in [-0.15, -0.1) is 0 Å². The predicted molar refractivity (Wildman–Crippen MR) is 74.6 cm³/mol. The first kappa shape index (κ1) is 13.9. The minimum atomic E-state index is -0.438. The zero-order valence-corrected chi connectivity index (χ0v) is 11.3. The Labute approximate surface area is 119 Å². The number of nitro groups is 1. The molecule has 0 heterocycles. The van der Waals surface area contributed by atoms with Gasteiger partial charge >= 0.3 is 0 Å². The Balaban J connectivity index is 2.26. The largest absolute Gasteiger partial charge is 0.392 e. The van der Waals surface area contributed by atoms with E-state index in [1.165, 1.54) is 23.9 Å². The molecule has 0 amide bonds. The first-order valence-electron chi connectivity index (χ1n) is 5.42. The lowest BCUT2D eigenvalue weighted by Crippen LogP contribution is -1.89. The highest BCUT2D eigenvalue weighted by atomic mass is 35.5. The van der Waals surface area contributed by atoms with Crippen molar-refractivity contribution >= 4 is 29.1 Å². The van der Waals surface area contributed by atoms with Crippen LogP contribution in [0.1, 0.15) is 5.56 Å². The maximum atomic E-state index is 10.6. The molecule has 0 fully saturated rings. The van der Waals surface area contributed by atoms with Crippen molar-refractivity contribution in [1.29, 1.82) is 0 Å². The van der Waals surface area contributed by atoms with E-state index in [1.54, 1.807) is 24.3 Å². The van der Waals surface area contributed by atoms with Crippen molar-refractivity contribution in [2.45, 2.75) is 16.4 Å². The highest BCUT2D eigenvalue weighted by molar-refractivity contribution is 7.99. The van der Waals surface area contributed by atoms with E-state index < -0.39 is 4.92 Å². The van der Waals surface area contributed by atoms with Crippen LogP contribution in [0, 0.1) is 10.1 Å². The molecule has 0 bridgehead atoms. The van der Waals surface area contributed by atoms with Gasteiger partial charge in [-0.1, -0.05) is 29.4 Å². The summed E-state index contributed by atoms with van der Waals surface area (Å²) >= 11 is 7.41. The normalized spacial score (nSPS) is 10.4. The Hall–Kier alpha value is -1.56.